The van der Waals surface area contributed by atoms with E-state index in [1.165, 1.54) is 12.1 Å². The monoisotopic (exact) mass is 330 g/mol. The Balaban J connectivity index is 2.51. The lowest BCUT2D eigenvalue weighted by atomic mass is 10.1. The lowest BCUT2D eigenvalue weighted by molar-refractivity contribution is 0.598. The molecule has 4 N–H and O–H groups in total. The molecule has 0 saturated heterocycles. The van der Waals surface area contributed by atoms with Crippen LogP contribution in [0.2, 0.25) is 5.02 Å². The molecular formula is C11H15ClN6O2S. The largest absolute Gasteiger partial charge is 0.384 e. The molecule has 0 aliphatic carbocycles. The van der Waals surface area contributed by atoms with Crippen molar-refractivity contribution >= 4 is 27.3 Å². The Hall–Kier alpha value is -1.71. The lowest BCUT2D eigenvalue weighted by Crippen LogP contribution is -2.13. The maximum atomic E-state index is 11.6. The van der Waals surface area contributed by atoms with Gasteiger partial charge in [-0.25, -0.2) is 13.6 Å². The average molecular weight is 331 g/mol. The molecule has 0 bridgehead atoms. The van der Waals surface area contributed by atoms with Crippen LogP contribution in [-0.2, 0) is 10.0 Å². The number of nitrogens with zero attached hydrogens (tertiary/aromatic N) is 3. The second-order valence-corrected chi connectivity index (χ2v) is 6.33. The molecule has 0 atom stereocenters. The Morgan fingerprint density at radius 3 is 2.76 bits per heavy atom. The predicted octanol–water partition coefficient (Wildman–Crippen LogP) is 1.38. The summed E-state index contributed by atoms with van der Waals surface area (Å²) >= 11 is 6.00. The van der Waals surface area contributed by atoms with Crippen molar-refractivity contribution in [2.45, 2.75) is 24.7 Å². The number of sulfonamides is 1. The molecule has 1 aromatic carbocycles. The molecule has 1 heterocycles. The van der Waals surface area contributed by atoms with Gasteiger partial charge in [-0.3, -0.25) is 0 Å². The van der Waals surface area contributed by atoms with E-state index >= 15 is 0 Å². The normalized spacial score (nSPS) is 11.6. The molecular weight excluding hydrogens is 316 g/mol. The van der Waals surface area contributed by atoms with E-state index in [1.54, 1.807) is 0 Å². The van der Waals surface area contributed by atoms with Gasteiger partial charge in [0.2, 0.25) is 15.8 Å². The first-order valence-corrected chi connectivity index (χ1v) is 8.20. The van der Waals surface area contributed by atoms with Gasteiger partial charge in [0.05, 0.1) is 5.02 Å². The Morgan fingerprint density at radius 1 is 1.43 bits per heavy atom. The number of hydrogen-bond donors (Lipinski definition) is 3. The molecule has 0 saturated carbocycles. The van der Waals surface area contributed by atoms with Crippen molar-refractivity contribution in [3.63, 3.8) is 0 Å². The van der Waals surface area contributed by atoms with Crippen LogP contribution < -0.4 is 10.5 Å². The number of tetrazole rings is 1. The molecule has 21 heavy (non-hydrogen) atoms. The highest BCUT2D eigenvalue weighted by Crippen LogP contribution is 2.33. The first-order valence-electron chi connectivity index (χ1n) is 6.27. The first-order chi connectivity index (χ1) is 9.93. The van der Waals surface area contributed by atoms with Crippen molar-refractivity contribution in [3.05, 3.63) is 17.2 Å². The highest BCUT2D eigenvalue weighted by Gasteiger charge is 2.19. The molecule has 0 fully saturated rings. The first kappa shape index (κ1) is 15.7. The smallest absolute Gasteiger partial charge is 0.239 e. The minimum atomic E-state index is -3.93. The molecule has 10 heteroatoms. The second-order valence-electron chi connectivity index (χ2n) is 4.39. The van der Waals surface area contributed by atoms with Crippen molar-refractivity contribution < 1.29 is 8.42 Å². The van der Waals surface area contributed by atoms with Gasteiger partial charge in [0.25, 0.3) is 0 Å². The fourth-order valence-electron chi connectivity index (χ4n) is 1.78. The summed E-state index contributed by atoms with van der Waals surface area (Å²) in [7, 11) is -3.93. The van der Waals surface area contributed by atoms with E-state index in [2.05, 4.69) is 32.9 Å². The van der Waals surface area contributed by atoms with Crippen LogP contribution in [0.4, 0.5) is 5.69 Å². The van der Waals surface area contributed by atoms with Crippen LogP contribution in [0.25, 0.3) is 11.4 Å². The number of nitrogens with two attached hydrogens (primary N) is 1. The van der Waals surface area contributed by atoms with Crippen LogP contribution in [0.3, 0.4) is 0 Å². The van der Waals surface area contributed by atoms with E-state index in [0.717, 1.165) is 12.8 Å². The van der Waals surface area contributed by atoms with Crippen molar-refractivity contribution in [1.29, 1.82) is 0 Å². The summed E-state index contributed by atoms with van der Waals surface area (Å²) < 4.78 is 23.1. The standard InChI is InChI=1S/C11H15ClN6O2S/c1-2-3-4-14-9-6-8(12)10(21(13,19)20)5-7(9)11-15-17-18-16-11/h5-6,14H,2-4H2,1H3,(H2,13,19,20)(H,15,16,17,18). The Kier molecular flexibility index (Phi) is 4.76. The Morgan fingerprint density at radius 2 is 2.19 bits per heavy atom. The van der Waals surface area contributed by atoms with Gasteiger partial charge in [-0.15, -0.1) is 10.2 Å². The topological polar surface area (TPSA) is 127 Å². The molecule has 0 radical (unpaired) electrons. The molecule has 2 rings (SSSR count). The number of anilines is 1. The molecule has 0 spiro atoms. The summed E-state index contributed by atoms with van der Waals surface area (Å²) in [5.41, 5.74) is 1.09. The highest BCUT2D eigenvalue weighted by atomic mass is 35.5. The number of nitrogens with one attached hydrogen (secondary N) is 2. The number of primary sulfonamides is 1. The van der Waals surface area contributed by atoms with Gasteiger partial charge < -0.3 is 5.32 Å². The molecule has 8 nitrogen and oxygen atoms in total. The molecule has 0 amide bonds. The van der Waals surface area contributed by atoms with Crippen molar-refractivity contribution in [2.75, 3.05) is 11.9 Å². The molecule has 0 aliphatic rings. The van der Waals surface area contributed by atoms with Gasteiger partial charge in [0, 0.05) is 17.8 Å². The fraction of sp³-hybridized carbons (Fsp3) is 0.364. The van der Waals surface area contributed by atoms with Crippen molar-refractivity contribution in [2.24, 2.45) is 5.14 Å². The maximum absolute atomic E-state index is 11.6. The maximum Gasteiger partial charge on any atom is 0.239 e. The number of unbranched alkanes of at least 4 members (excludes halogenated alkanes) is 1. The summed E-state index contributed by atoms with van der Waals surface area (Å²) in [5, 5.41) is 21.9. The van der Waals surface area contributed by atoms with E-state index in [9.17, 15) is 8.42 Å². The zero-order valence-corrected chi connectivity index (χ0v) is 12.9. The number of aromatic amines is 1. The number of hydrogen-bond acceptors (Lipinski definition) is 6. The molecule has 0 aliphatic heterocycles. The van der Waals surface area contributed by atoms with Crippen molar-refractivity contribution in [1.82, 2.24) is 20.6 Å². The minimum Gasteiger partial charge on any atom is -0.384 e. The lowest BCUT2D eigenvalue weighted by Gasteiger charge is -2.12. The second kappa shape index (κ2) is 6.37. The van der Waals surface area contributed by atoms with Gasteiger partial charge >= 0.3 is 0 Å². The fourth-order valence-corrected chi connectivity index (χ4v) is 2.88. The average Bonchev–Trinajstić information content (AvgIpc) is 2.91. The van der Waals surface area contributed by atoms with Gasteiger partial charge in [-0.1, -0.05) is 24.9 Å². The summed E-state index contributed by atoms with van der Waals surface area (Å²) in [4.78, 5) is -0.176. The van der Waals surface area contributed by atoms with Gasteiger partial charge in [-0.05, 0) is 23.8 Å². The van der Waals surface area contributed by atoms with Crippen LogP contribution in [-0.4, -0.2) is 35.6 Å². The minimum absolute atomic E-state index is 0.0451. The number of benzene rings is 1. The highest BCUT2D eigenvalue weighted by molar-refractivity contribution is 7.89. The zero-order chi connectivity index (χ0) is 15.5. The number of halogens is 1. The zero-order valence-electron chi connectivity index (χ0n) is 11.3. The van der Waals surface area contributed by atoms with Crippen molar-refractivity contribution in [3.8, 4) is 11.4 Å². The summed E-state index contributed by atoms with van der Waals surface area (Å²) in [6.45, 7) is 2.78. The van der Waals surface area contributed by atoms with Gasteiger partial charge in [0.15, 0.2) is 0 Å². The van der Waals surface area contributed by atoms with Crippen LogP contribution in [0.15, 0.2) is 17.0 Å². The van der Waals surface area contributed by atoms with E-state index in [-0.39, 0.29) is 15.7 Å². The van der Waals surface area contributed by atoms with E-state index < -0.39 is 10.0 Å². The Labute approximate surface area is 127 Å². The molecule has 114 valence electrons. The third kappa shape index (κ3) is 3.69. The number of rotatable bonds is 6. The predicted molar refractivity (Wildman–Crippen MR) is 79.4 cm³/mol. The molecule has 2 aromatic rings. The number of H-pyrrole nitrogens is 1. The Bertz CT molecular complexity index is 717. The molecule has 1 aromatic heterocycles. The van der Waals surface area contributed by atoms with Crippen LogP contribution >= 0.6 is 11.6 Å². The van der Waals surface area contributed by atoms with Gasteiger partial charge in [0.1, 0.15) is 4.90 Å². The van der Waals surface area contributed by atoms with E-state index in [1.807, 2.05) is 0 Å². The van der Waals surface area contributed by atoms with E-state index in [0.29, 0.717) is 17.8 Å². The van der Waals surface area contributed by atoms with Crippen LogP contribution in [0.5, 0.6) is 0 Å². The SMILES string of the molecule is CCCCNc1cc(Cl)c(S(N)(=O)=O)cc1-c1nn[nH]n1. The van der Waals surface area contributed by atoms with Crippen LogP contribution in [0.1, 0.15) is 19.8 Å². The van der Waals surface area contributed by atoms with E-state index in [4.69, 9.17) is 16.7 Å². The number of aromatic nitrogens is 4. The van der Waals surface area contributed by atoms with Gasteiger partial charge in [-0.2, -0.15) is 5.21 Å². The summed E-state index contributed by atoms with van der Waals surface area (Å²) in [5.74, 6) is 0.260. The third-order valence-electron chi connectivity index (χ3n) is 2.81. The molecule has 0 unspecified atom stereocenters. The summed E-state index contributed by atoms with van der Waals surface area (Å²) in [6, 6.07) is 2.85. The summed E-state index contributed by atoms with van der Waals surface area (Å²) in [6.07, 6.45) is 1.98. The third-order valence-corrected chi connectivity index (χ3v) is 4.19. The quantitative estimate of drug-likeness (QED) is 0.687. The van der Waals surface area contributed by atoms with Crippen LogP contribution in [0, 0.1) is 0 Å².